The summed E-state index contributed by atoms with van der Waals surface area (Å²) in [7, 11) is 1.61. The first kappa shape index (κ1) is 15.7. The molecule has 1 heterocycles. The number of methoxy groups -OCH3 is 1. The van der Waals surface area contributed by atoms with E-state index in [4.69, 9.17) is 15.2 Å². The summed E-state index contributed by atoms with van der Waals surface area (Å²) in [5, 5.41) is 7.68. The summed E-state index contributed by atoms with van der Waals surface area (Å²) in [6.07, 6.45) is 0. The van der Waals surface area contributed by atoms with E-state index in [-0.39, 0.29) is 12.3 Å². The lowest BCUT2D eigenvalue weighted by atomic mass is 10.0. The summed E-state index contributed by atoms with van der Waals surface area (Å²) in [5.74, 6) is 0. The number of ether oxygens (including phenoxy) is 2. The minimum absolute atomic E-state index is 0.0960. The molecule has 3 N–H and O–H groups in total. The third-order valence-electron chi connectivity index (χ3n) is 4.42. The summed E-state index contributed by atoms with van der Waals surface area (Å²) in [5.41, 5.74) is 7.50. The molecule has 0 aliphatic carbocycles. The van der Waals surface area contributed by atoms with Crippen LogP contribution in [0, 0.1) is 0 Å². The Balaban J connectivity index is 1.87. The van der Waals surface area contributed by atoms with Crippen LogP contribution in [0.2, 0.25) is 0 Å². The number of fused-ring (bicyclic) bond motifs is 4. The molecule has 0 saturated heterocycles. The molecule has 128 valence electrons. The Bertz CT molecular complexity index is 1130. The standard InChI is InChI=1S/C19H19N3O3/c1-24-7-8-25-11-22-19(23)18-15-10-12-3-2-4-16(20)14(12)9-13(15)5-6-17(18)21-22/h2-6,9-10,21H,7-8,11,20H2,1H3. The monoisotopic (exact) mass is 337 g/mol. The van der Waals surface area contributed by atoms with E-state index < -0.39 is 0 Å². The lowest BCUT2D eigenvalue weighted by Gasteiger charge is -2.05. The molecule has 0 bridgehead atoms. The first-order chi connectivity index (χ1) is 12.2. The van der Waals surface area contributed by atoms with Gasteiger partial charge >= 0.3 is 0 Å². The fourth-order valence-electron chi connectivity index (χ4n) is 3.17. The van der Waals surface area contributed by atoms with Gasteiger partial charge in [0, 0.05) is 18.2 Å². The third-order valence-corrected chi connectivity index (χ3v) is 4.42. The Kier molecular flexibility index (Phi) is 3.91. The van der Waals surface area contributed by atoms with Gasteiger partial charge in [-0.05, 0) is 40.4 Å². The van der Waals surface area contributed by atoms with Gasteiger partial charge in [-0.15, -0.1) is 0 Å². The van der Waals surface area contributed by atoms with Crippen molar-refractivity contribution in [3.8, 4) is 0 Å². The smallest absolute Gasteiger partial charge is 0.277 e. The topological polar surface area (TPSA) is 82.3 Å². The van der Waals surface area contributed by atoms with Gasteiger partial charge in [-0.1, -0.05) is 18.2 Å². The number of hydrogen-bond acceptors (Lipinski definition) is 4. The third kappa shape index (κ3) is 2.65. The average molecular weight is 337 g/mol. The van der Waals surface area contributed by atoms with E-state index in [2.05, 4.69) is 5.10 Å². The van der Waals surface area contributed by atoms with Crippen molar-refractivity contribution in [3.05, 3.63) is 52.8 Å². The van der Waals surface area contributed by atoms with E-state index in [1.807, 2.05) is 42.5 Å². The van der Waals surface area contributed by atoms with Gasteiger partial charge in [0.25, 0.3) is 5.56 Å². The van der Waals surface area contributed by atoms with Crippen LogP contribution in [0.15, 0.2) is 47.3 Å². The first-order valence-electron chi connectivity index (χ1n) is 8.09. The molecule has 0 spiro atoms. The number of nitrogens with one attached hydrogen (secondary N) is 1. The van der Waals surface area contributed by atoms with E-state index in [9.17, 15) is 4.79 Å². The molecule has 25 heavy (non-hydrogen) atoms. The van der Waals surface area contributed by atoms with Crippen molar-refractivity contribution in [2.75, 3.05) is 26.1 Å². The van der Waals surface area contributed by atoms with E-state index in [1.54, 1.807) is 7.11 Å². The van der Waals surface area contributed by atoms with Crippen LogP contribution in [-0.4, -0.2) is 30.1 Å². The number of aromatic amines is 1. The predicted octanol–water partition coefficient (Wildman–Crippen LogP) is 2.84. The lowest BCUT2D eigenvalue weighted by Crippen LogP contribution is -2.19. The number of anilines is 1. The molecule has 0 aliphatic rings. The number of H-pyrrole nitrogens is 1. The molecule has 6 nitrogen and oxygen atoms in total. The minimum atomic E-state index is -0.0960. The number of benzene rings is 3. The molecule has 0 unspecified atom stereocenters. The lowest BCUT2D eigenvalue weighted by molar-refractivity contribution is 0.0278. The predicted molar refractivity (Wildman–Crippen MR) is 99.8 cm³/mol. The minimum Gasteiger partial charge on any atom is -0.398 e. The van der Waals surface area contributed by atoms with Gasteiger partial charge in [0.15, 0.2) is 0 Å². The van der Waals surface area contributed by atoms with Gasteiger partial charge in [-0.3, -0.25) is 9.89 Å². The van der Waals surface area contributed by atoms with E-state index in [1.165, 1.54) is 4.68 Å². The van der Waals surface area contributed by atoms with Crippen molar-refractivity contribution < 1.29 is 9.47 Å². The summed E-state index contributed by atoms with van der Waals surface area (Å²) in [6, 6.07) is 13.8. The maximum atomic E-state index is 12.8. The normalized spacial score (nSPS) is 11.7. The molecule has 4 rings (SSSR count). The zero-order valence-corrected chi connectivity index (χ0v) is 13.9. The second-order valence-corrected chi connectivity index (χ2v) is 6.00. The second-order valence-electron chi connectivity index (χ2n) is 6.00. The zero-order valence-electron chi connectivity index (χ0n) is 13.9. The molecule has 0 amide bonds. The highest BCUT2D eigenvalue weighted by Crippen LogP contribution is 2.29. The SMILES string of the molecule is COCCOCn1[nH]c2ccc3cc4c(N)cccc4cc3c2c1=O. The average Bonchev–Trinajstić information content (AvgIpc) is 2.94. The van der Waals surface area contributed by atoms with Crippen LogP contribution in [0.3, 0.4) is 0 Å². The number of nitrogens with two attached hydrogens (primary N) is 1. The number of nitrogens with zero attached hydrogens (tertiary/aromatic N) is 1. The van der Waals surface area contributed by atoms with Crippen LogP contribution in [0.25, 0.3) is 32.4 Å². The number of aromatic nitrogens is 2. The summed E-state index contributed by atoms with van der Waals surface area (Å²) in [6.45, 7) is 1.09. The van der Waals surface area contributed by atoms with Crippen molar-refractivity contribution in [2.45, 2.75) is 6.73 Å². The molecule has 6 heteroatoms. The van der Waals surface area contributed by atoms with Gasteiger partial charge in [-0.25, -0.2) is 4.68 Å². The van der Waals surface area contributed by atoms with Gasteiger partial charge in [0.2, 0.25) is 0 Å². The Morgan fingerprint density at radius 3 is 2.72 bits per heavy atom. The molecule has 1 aromatic heterocycles. The Morgan fingerprint density at radius 1 is 1.08 bits per heavy atom. The Hall–Kier alpha value is -2.83. The molecule has 0 radical (unpaired) electrons. The van der Waals surface area contributed by atoms with Gasteiger partial charge in [0.1, 0.15) is 6.73 Å². The Labute approximate surface area is 143 Å². The van der Waals surface area contributed by atoms with E-state index >= 15 is 0 Å². The highest BCUT2D eigenvalue weighted by atomic mass is 16.5. The van der Waals surface area contributed by atoms with Gasteiger partial charge in [-0.2, -0.15) is 0 Å². The van der Waals surface area contributed by atoms with Crippen LogP contribution in [0.1, 0.15) is 0 Å². The largest absolute Gasteiger partial charge is 0.398 e. The van der Waals surface area contributed by atoms with Crippen LogP contribution >= 0.6 is 0 Å². The molecule has 0 fully saturated rings. The van der Waals surface area contributed by atoms with Crippen LogP contribution in [0.5, 0.6) is 0 Å². The van der Waals surface area contributed by atoms with Crippen LogP contribution in [-0.2, 0) is 16.2 Å². The van der Waals surface area contributed by atoms with Crippen LogP contribution < -0.4 is 11.3 Å². The number of hydrogen-bond donors (Lipinski definition) is 2. The fraction of sp³-hybridized carbons (Fsp3) is 0.211. The highest BCUT2D eigenvalue weighted by Gasteiger charge is 2.12. The molecule has 4 aromatic rings. The van der Waals surface area contributed by atoms with Crippen molar-refractivity contribution in [1.29, 1.82) is 0 Å². The van der Waals surface area contributed by atoms with E-state index in [0.29, 0.717) is 18.6 Å². The molecule has 0 aliphatic heterocycles. The van der Waals surface area contributed by atoms with Crippen molar-refractivity contribution in [2.24, 2.45) is 0 Å². The maximum Gasteiger partial charge on any atom is 0.277 e. The fourth-order valence-corrected chi connectivity index (χ4v) is 3.17. The van der Waals surface area contributed by atoms with E-state index in [0.717, 1.165) is 32.7 Å². The molecule has 0 atom stereocenters. The molecular formula is C19H19N3O3. The maximum absolute atomic E-state index is 12.8. The summed E-state index contributed by atoms with van der Waals surface area (Å²) < 4.78 is 11.9. The summed E-state index contributed by atoms with van der Waals surface area (Å²) >= 11 is 0. The number of rotatable bonds is 5. The quantitative estimate of drug-likeness (QED) is 0.333. The van der Waals surface area contributed by atoms with Crippen LogP contribution in [0.4, 0.5) is 5.69 Å². The molecule has 0 saturated carbocycles. The number of nitrogen functional groups attached to an aromatic ring is 1. The van der Waals surface area contributed by atoms with Gasteiger partial charge in [0.05, 0.1) is 24.1 Å². The first-order valence-corrected chi connectivity index (χ1v) is 8.09. The summed E-state index contributed by atoms with van der Waals surface area (Å²) in [4.78, 5) is 12.8. The second kappa shape index (κ2) is 6.23. The molecule has 3 aromatic carbocycles. The Morgan fingerprint density at radius 2 is 1.88 bits per heavy atom. The highest BCUT2D eigenvalue weighted by molar-refractivity contribution is 6.12. The van der Waals surface area contributed by atoms with Crippen molar-refractivity contribution >= 4 is 38.1 Å². The van der Waals surface area contributed by atoms with Crippen molar-refractivity contribution in [3.63, 3.8) is 0 Å². The molecular weight excluding hydrogens is 318 g/mol. The van der Waals surface area contributed by atoms with Gasteiger partial charge < -0.3 is 15.2 Å². The zero-order chi connectivity index (χ0) is 17.4. The van der Waals surface area contributed by atoms with Crippen molar-refractivity contribution in [1.82, 2.24) is 9.78 Å².